The van der Waals surface area contributed by atoms with Crippen molar-refractivity contribution in [2.24, 2.45) is 4.99 Å². The number of methoxy groups -OCH3 is 1. The molecule has 6 nitrogen and oxygen atoms in total. The minimum absolute atomic E-state index is 0. The van der Waals surface area contributed by atoms with Gasteiger partial charge in [-0.3, -0.25) is 4.99 Å². The van der Waals surface area contributed by atoms with Gasteiger partial charge in [0.1, 0.15) is 5.75 Å². The summed E-state index contributed by atoms with van der Waals surface area (Å²) < 4.78 is 5.35. The highest BCUT2D eigenvalue weighted by atomic mass is 127. The van der Waals surface area contributed by atoms with Crippen LogP contribution in [0.1, 0.15) is 11.1 Å². The average Bonchev–Trinajstić information content (AvgIpc) is 2.75. The monoisotopic (exact) mass is 523 g/mol. The van der Waals surface area contributed by atoms with Crippen LogP contribution in [-0.4, -0.2) is 70.2 Å². The Morgan fingerprint density at radius 2 is 1.70 bits per heavy atom. The molecule has 0 amide bonds. The van der Waals surface area contributed by atoms with Crippen LogP contribution in [0.4, 0.5) is 5.69 Å². The number of piperazine rings is 1. The van der Waals surface area contributed by atoms with Gasteiger partial charge in [-0.05, 0) is 37.4 Å². The van der Waals surface area contributed by atoms with Crippen molar-refractivity contribution in [1.82, 2.24) is 15.1 Å². The fourth-order valence-corrected chi connectivity index (χ4v) is 3.62. The molecule has 2 aromatic carbocycles. The lowest BCUT2D eigenvalue weighted by Gasteiger charge is -2.37. The molecule has 1 aliphatic heterocycles. The third-order valence-corrected chi connectivity index (χ3v) is 5.18. The SMILES string of the molecule is CN=C(NCc1ccc(CN(C)C)cc1)N1CCN(c2cccc(OC)c2)CC1.I. The van der Waals surface area contributed by atoms with E-state index < -0.39 is 0 Å². The Morgan fingerprint density at radius 3 is 2.30 bits per heavy atom. The molecule has 0 atom stereocenters. The number of nitrogens with zero attached hydrogens (tertiary/aromatic N) is 4. The minimum Gasteiger partial charge on any atom is -0.497 e. The molecule has 0 unspecified atom stereocenters. The summed E-state index contributed by atoms with van der Waals surface area (Å²) in [5.41, 5.74) is 3.81. The van der Waals surface area contributed by atoms with E-state index in [0.29, 0.717) is 0 Å². The predicted octanol–water partition coefficient (Wildman–Crippen LogP) is 3.27. The normalized spacial score (nSPS) is 14.5. The number of hydrogen-bond acceptors (Lipinski definition) is 4. The zero-order valence-electron chi connectivity index (χ0n) is 18.5. The Labute approximate surface area is 197 Å². The number of rotatable bonds is 6. The van der Waals surface area contributed by atoms with E-state index >= 15 is 0 Å². The molecule has 0 aliphatic carbocycles. The van der Waals surface area contributed by atoms with Crippen LogP contribution < -0.4 is 15.0 Å². The maximum absolute atomic E-state index is 5.35. The Hall–Kier alpha value is -2.00. The number of benzene rings is 2. The molecule has 0 saturated carbocycles. The maximum atomic E-state index is 5.35. The van der Waals surface area contributed by atoms with Crippen molar-refractivity contribution in [2.45, 2.75) is 13.1 Å². The predicted molar refractivity (Wildman–Crippen MR) is 136 cm³/mol. The van der Waals surface area contributed by atoms with Gasteiger partial charge < -0.3 is 24.8 Å². The van der Waals surface area contributed by atoms with Crippen molar-refractivity contribution in [1.29, 1.82) is 0 Å². The summed E-state index contributed by atoms with van der Waals surface area (Å²) in [5, 5.41) is 3.52. The molecule has 0 spiro atoms. The van der Waals surface area contributed by atoms with Gasteiger partial charge in [-0.25, -0.2) is 0 Å². The maximum Gasteiger partial charge on any atom is 0.194 e. The van der Waals surface area contributed by atoms with Gasteiger partial charge in [0.05, 0.1) is 7.11 Å². The third-order valence-electron chi connectivity index (χ3n) is 5.18. The first-order chi connectivity index (χ1) is 14.1. The molecule has 0 bridgehead atoms. The second-order valence-electron chi connectivity index (χ2n) is 7.63. The van der Waals surface area contributed by atoms with Crippen molar-refractivity contribution in [3.8, 4) is 5.75 Å². The van der Waals surface area contributed by atoms with Gasteiger partial charge in [0.25, 0.3) is 0 Å². The first kappa shape index (κ1) is 24.3. The highest BCUT2D eigenvalue weighted by molar-refractivity contribution is 14.0. The summed E-state index contributed by atoms with van der Waals surface area (Å²) in [6.45, 7) is 5.56. The van der Waals surface area contributed by atoms with Crippen LogP contribution in [0, 0.1) is 0 Å². The molecule has 1 fully saturated rings. The van der Waals surface area contributed by atoms with Crippen LogP contribution in [0.3, 0.4) is 0 Å². The molecule has 0 aromatic heterocycles. The summed E-state index contributed by atoms with van der Waals surface area (Å²) >= 11 is 0. The summed E-state index contributed by atoms with van der Waals surface area (Å²) in [7, 11) is 7.75. The standard InChI is InChI=1S/C23H33N5O.HI/c1-24-23(25-17-19-8-10-20(11-9-19)18-26(2)3)28-14-12-27(13-15-28)21-6-5-7-22(16-21)29-4;/h5-11,16H,12-15,17-18H2,1-4H3,(H,24,25);1H. The van der Waals surface area contributed by atoms with E-state index in [-0.39, 0.29) is 24.0 Å². The molecular weight excluding hydrogens is 489 g/mol. The van der Waals surface area contributed by atoms with E-state index in [1.807, 2.05) is 19.2 Å². The van der Waals surface area contributed by atoms with Crippen LogP contribution in [0.15, 0.2) is 53.5 Å². The van der Waals surface area contributed by atoms with Gasteiger partial charge in [0.2, 0.25) is 0 Å². The topological polar surface area (TPSA) is 43.3 Å². The molecule has 0 radical (unpaired) electrons. The van der Waals surface area contributed by atoms with Crippen LogP contribution in [0.5, 0.6) is 5.75 Å². The van der Waals surface area contributed by atoms with Crippen LogP contribution in [0.25, 0.3) is 0 Å². The first-order valence-electron chi connectivity index (χ1n) is 10.2. The molecular formula is C23H34IN5O. The van der Waals surface area contributed by atoms with Gasteiger partial charge in [-0.15, -0.1) is 24.0 Å². The number of nitrogens with one attached hydrogen (secondary N) is 1. The first-order valence-corrected chi connectivity index (χ1v) is 10.2. The van der Waals surface area contributed by atoms with Crippen LogP contribution in [0.2, 0.25) is 0 Å². The van der Waals surface area contributed by atoms with Gasteiger partial charge >= 0.3 is 0 Å². The lowest BCUT2D eigenvalue weighted by Crippen LogP contribution is -2.52. The fraction of sp³-hybridized carbons (Fsp3) is 0.435. The molecule has 3 rings (SSSR count). The average molecular weight is 523 g/mol. The highest BCUT2D eigenvalue weighted by Crippen LogP contribution is 2.22. The molecule has 1 N–H and O–H groups in total. The molecule has 1 saturated heterocycles. The third kappa shape index (κ3) is 6.77. The second-order valence-corrected chi connectivity index (χ2v) is 7.63. The van der Waals surface area contributed by atoms with E-state index in [0.717, 1.165) is 51.0 Å². The number of halogens is 1. The summed E-state index contributed by atoms with van der Waals surface area (Å²) in [6.07, 6.45) is 0. The lowest BCUT2D eigenvalue weighted by molar-refractivity contribution is 0.372. The van der Waals surface area contributed by atoms with Gasteiger partial charge in [0.15, 0.2) is 5.96 Å². The smallest absolute Gasteiger partial charge is 0.194 e. The van der Waals surface area contributed by atoms with Crippen molar-refractivity contribution < 1.29 is 4.74 Å². The molecule has 2 aromatic rings. The molecule has 30 heavy (non-hydrogen) atoms. The minimum atomic E-state index is 0. The van der Waals surface area contributed by atoms with Crippen molar-refractivity contribution >= 4 is 35.6 Å². The van der Waals surface area contributed by atoms with Crippen molar-refractivity contribution in [3.05, 3.63) is 59.7 Å². The highest BCUT2D eigenvalue weighted by Gasteiger charge is 2.20. The Balaban J connectivity index is 0.00000320. The molecule has 1 heterocycles. The molecule has 1 aliphatic rings. The van der Waals surface area contributed by atoms with Crippen LogP contribution >= 0.6 is 24.0 Å². The van der Waals surface area contributed by atoms with Crippen molar-refractivity contribution in [2.75, 3.05) is 59.3 Å². The number of aliphatic imine (C=N–C) groups is 1. The Kier molecular flexibility index (Phi) is 9.71. The summed E-state index contributed by atoms with van der Waals surface area (Å²) in [5.74, 6) is 1.87. The van der Waals surface area contributed by atoms with Gasteiger partial charge in [-0.1, -0.05) is 30.3 Å². The van der Waals surface area contributed by atoms with Gasteiger partial charge in [-0.2, -0.15) is 0 Å². The largest absolute Gasteiger partial charge is 0.497 e. The van der Waals surface area contributed by atoms with Gasteiger partial charge in [0, 0.05) is 58.1 Å². The molecule has 164 valence electrons. The zero-order chi connectivity index (χ0) is 20.6. The summed E-state index contributed by atoms with van der Waals surface area (Å²) in [4.78, 5) is 11.4. The van der Waals surface area contributed by atoms with E-state index in [2.05, 4.69) is 75.5 Å². The van der Waals surface area contributed by atoms with Crippen molar-refractivity contribution in [3.63, 3.8) is 0 Å². The molecule has 7 heteroatoms. The van der Waals surface area contributed by atoms with E-state index in [9.17, 15) is 0 Å². The fourth-order valence-electron chi connectivity index (χ4n) is 3.62. The second kappa shape index (κ2) is 12.0. The Morgan fingerprint density at radius 1 is 1.03 bits per heavy atom. The van der Waals surface area contributed by atoms with E-state index in [1.165, 1.54) is 16.8 Å². The summed E-state index contributed by atoms with van der Waals surface area (Å²) in [6, 6.07) is 17.1. The quantitative estimate of drug-likeness (QED) is 0.358. The van der Waals surface area contributed by atoms with Crippen LogP contribution in [-0.2, 0) is 13.1 Å². The van der Waals surface area contributed by atoms with E-state index in [1.54, 1.807) is 7.11 Å². The number of anilines is 1. The Bertz CT molecular complexity index is 801. The zero-order valence-corrected chi connectivity index (χ0v) is 20.8. The number of ether oxygens (including phenoxy) is 1. The number of guanidine groups is 1. The van der Waals surface area contributed by atoms with E-state index in [4.69, 9.17) is 4.74 Å². The number of hydrogen-bond donors (Lipinski definition) is 1. The lowest BCUT2D eigenvalue weighted by atomic mass is 10.1.